The van der Waals surface area contributed by atoms with Crippen LogP contribution >= 0.6 is 27.3 Å². The maximum atomic E-state index is 10.9. The van der Waals surface area contributed by atoms with Crippen LogP contribution in [0.5, 0.6) is 0 Å². The average molecular weight is 357 g/mol. The molecular weight excluding hydrogens is 344 g/mol. The zero-order valence-electron chi connectivity index (χ0n) is 11.0. The van der Waals surface area contributed by atoms with E-state index in [1.54, 1.807) is 6.07 Å². The summed E-state index contributed by atoms with van der Waals surface area (Å²) in [6, 6.07) is 4.89. The molecule has 6 nitrogen and oxygen atoms in total. The SMILES string of the molecule is CCNC(C)c1nnc(-c2cc(Br)cc([N+](=O)[O-])c2)s1. The van der Waals surface area contributed by atoms with Crippen molar-refractivity contribution in [3.05, 3.63) is 37.8 Å². The molecule has 2 rings (SSSR count). The fraction of sp³-hybridized carbons (Fsp3) is 0.333. The molecule has 0 spiro atoms. The van der Waals surface area contributed by atoms with Gasteiger partial charge in [0, 0.05) is 22.2 Å². The Labute approximate surface area is 128 Å². The van der Waals surface area contributed by atoms with Crippen LogP contribution in [0.4, 0.5) is 5.69 Å². The highest BCUT2D eigenvalue weighted by molar-refractivity contribution is 9.10. The molecule has 1 unspecified atom stereocenters. The summed E-state index contributed by atoms with van der Waals surface area (Å²) in [4.78, 5) is 10.5. The lowest BCUT2D eigenvalue weighted by atomic mass is 10.2. The molecule has 0 aliphatic rings. The normalized spacial score (nSPS) is 12.3. The summed E-state index contributed by atoms with van der Waals surface area (Å²) in [5.41, 5.74) is 0.726. The topological polar surface area (TPSA) is 81.0 Å². The van der Waals surface area contributed by atoms with Crippen molar-refractivity contribution >= 4 is 33.0 Å². The smallest absolute Gasteiger partial charge is 0.271 e. The third-order valence-corrected chi connectivity index (χ3v) is 4.27. The second-order valence-electron chi connectivity index (χ2n) is 4.18. The van der Waals surface area contributed by atoms with Crippen LogP contribution in [-0.2, 0) is 0 Å². The minimum Gasteiger partial charge on any atom is -0.308 e. The lowest BCUT2D eigenvalue weighted by Gasteiger charge is -2.06. The third-order valence-electron chi connectivity index (χ3n) is 2.66. The summed E-state index contributed by atoms with van der Waals surface area (Å²) < 4.78 is 0.651. The largest absolute Gasteiger partial charge is 0.308 e. The van der Waals surface area contributed by atoms with Gasteiger partial charge in [0.15, 0.2) is 0 Å². The molecule has 1 atom stereocenters. The predicted octanol–water partition coefficient (Wildman–Crippen LogP) is 3.55. The first kappa shape index (κ1) is 15.0. The van der Waals surface area contributed by atoms with E-state index in [2.05, 4.69) is 31.4 Å². The lowest BCUT2D eigenvalue weighted by molar-refractivity contribution is -0.384. The van der Waals surface area contributed by atoms with Crippen molar-refractivity contribution in [3.63, 3.8) is 0 Å². The number of benzene rings is 1. The number of nitro groups is 1. The second kappa shape index (κ2) is 6.38. The Kier molecular flexibility index (Phi) is 4.79. The van der Waals surface area contributed by atoms with Gasteiger partial charge < -0.3 is 5.32 Å². The Hall–Kier alpha value is -1.38. The van der Waals surface area contributed by atoms with Gasteiger partial charge in [-0.3, -0.25) is 10.1 Å². The van der Waals surface area contributed by atoms with Gasteiger partial charge in [0.1, 0.15) is 10.0 Å². The van der Waals surface area contributed by atoms with E-state index in [-0.39, 0.29) is 11.7 Å². The molecule has 20 heavy (non-hydrogen) atoms. The fourth-order valence-electron chi connectivity index (χ4n) is 1.72. The summed E-state index contributed by atoms with van der Waals surface area (Å²) in [7, 11) is 0. The van der Waals surface area contributed by atoms with Gasteiger partial charge in [-0.05, 0) is 19.5 Å². The van der Waals surface area contributed by atoms with Crippen LogP contribution in [0.15, 0.2) is 22.7 Å². The molecule has 1 aromatic heterocycles. The number of aromatic nitrogens is 2. The highest BCUT2D eigenvalue weighted by atomic mass is 79.9. The Balaban J connectivity index is 2.34. The number of non-ortho nitro benzene ring substituents is 1. The molecule has 0 saturated heterocycles. The molecule has 0 saturated carbocycles. The van der Waals surface area contributed by atoms with E-state index in [4.69, 9.17) is 0 Å². The van der Waals surface area contributed by atoms with Crippen LogP contribution in [0.3, 0.4) is 0 Å². The molecule has 0 aliphatic carbocycles. The second-order valence-corrected chi connectivity index (χ2v) is 6.10. The summed E-state index contributed by atoms with van der Waals surface area (Å²) in [6.07, 6.45) is 0. The molecule has 2 aromatic rings. The van der Waals surface area contributed by atoms with Crippen LogP contribution in [0.2, 0.25) is 0 Å². The van der Waals surface area contributed by atoms with E-state index in [9.17, 15) is 10.1 Å². The summed E-state index contributed by atoms with van der Waals surface area (Å²) in [5, 5.41) is 23.9. The predicted molar refractivity (Wildman–Crippen MR) is 81.8 cm³/mol. The van der Waals surface area contributed by atoms with Gasteiger partial charge in [-0.1, -0.05) is 34.2 Å². The number of halogens is 1. The van der Waals surface area contributed by atoms with Gasteiger partial charge in [0.25, 0.3) is 5.69 Å². The van der Waals surface area contributed by atoms with Gasteiger partial charge in [0.2, 0.25) is 0 Å². The minimum atomic E-state index is -0.419. The molecule has 0 aliphatic heterocycles. The molecule has 0 bridgehead atoms. The number of nitrogens with one attached hydrogen (secondary N) is 1. The van der Waals surface area contributed by atoms with Gasteiger partial charge in [0.05, 0.1) is 11.0 Å². The van der Waals surface area contributed by atoms with E-state index in [0.29, 0.717) is 15.0 Å². The maximum Gasteiger partial charge on any atom is 0.271 e. The Morgan fingerprint density at radius 3 is 2.85 bits per heavy atom. The molecule has 0 amide bonds. The fourth-order valence-corrected chi connectivity index (χ4v) is 3.06. The summed E-state index contributed by atoms with van der Waals surface area (Å²) >= 11 is 4.71. The van der Waals surface area contributed by atoms with Gasteiger partial charge in [-0.2, -0.15) is 0 Å². The molecule has 1 heterocycles. The van der Waals surface area contributed by atoms with Crippen molar-refractivity contribution in [2.24, 2.45) is 0 Å². The highest BCUT2D eigenvalue weighted by Gasteiger charge is 2.15. The molecular formula is C12H13BrN4O2S. The standard InChI is InChI=1S/C12H13BrN4O2S/c1-3-14-7(2)11-15-16-12(20-11)8-4-9(13)6-10(5-8)17(18)19/h4-7,14H,3H2,1-2H3. The van der Waals surface area contributed by atoms with E-state index in [1.165, 1.54) is 23.5 Å². The van der Waals surface area contributed by atoms with Gasteiger partial charge in [-0.15, -0.1) is 10.2 Å². The third kappa shape index (κ3) is 3.38. The molecule has 0 fully saturated rings. The number of nitro benzene ring substituents is 1. The van der Waals surface area contributed by atoms with E-state index in [0.717, 1.165) is 11.6 Å². The molecule has 106 valence electrons. The average Bonchev–Trinajstić information content (AvgIpc) is 2.88. The number of nitrogens with zero attached hydrogens (tertiary/aromatic N) is 3. The Bertz CT molecular complexity index is 632. The van der Waals surface area contributed by atoms with Crippen molar-refractivity contribution in [1.82, 2.24) is 15.5 Å². The van der Waals surface area contributed by atoms with E-state index >= 15 is 0 Å². The number of rotatable bonds is 5. The van der Waals surface area contributed by atoms with E-state index < -0.39 is 4.92 Å². The first-order chi connectivity index (χ1) is 9.51. The maximum absolute atomic E-state index is 10.9. The van der Waals surface area contributed by atoms with Crippen molar-refractivity contribution in [2.75, 3.05) is 6.54 Å². The van der Waals surface area contributed by atoms with Crippen LogP contribution in [0, 0.1) is 10.1 Å². The zero-order chi connectivity index (χ0) is 14.7. The Morgan fingerprint density at radius 2 is 2.20 bits per heavy atom. The van der Waals surface area contributed by atoms with Crippen LogP contribution in [0.25, 0.3) is 10.6 Å². The molecule has 1 N–H and O–H groups in total. The lowest BCUT2D eigenvalue weighted by Crippen LogP contribution is -2.17. The van der Waals surface area contributed by atoms with Crippen molar-refractivity contribution < 1.29 is 4.92 Å². The number of hydrogen-bond donors (Lipinski definition) is 1. The zero-order valence-corrected chi connectivity index (χ0v) is 13.4. The first-order valence-electron chi connectivity index (χ1n) is 6.03. The number of hydrogen-bond acceptors (Lipinski definition) is 6. The molecule has 8 heteroatoms. The summed E-state index contributed by atoms with van der Waals surface area (Å²) in [5.74, 6) is 0. The van der Waals surface area contributed by atoms with Crippen LogP contribution < -0.4 is 5.32 Å². The minimum absolute atomic E-state index is 0.0332. The first-order valence-corrected chi connectivity index (χ1v) is 7.64. The van der Waals surface area contributed by atoms with Gasteiger partial charge in [-0.25, -0.2) is 0 Å². The quantitative estimate of drug-likeness (QED) is 0.654. The molecule has 1 aromatic carbocycles. The Morgan fingerprint density at radius 1 is 1.45 bits per heavy atom. The van der Waals surface area contributed by atoms with Crippen LogP contribution in [-0.4, -0.2) is 21.7 Å². The highest BCUT2D eigenvalue weighted by Crippen LogP contribution is 2.31. The molecule has 0 radical (unpaired) electrons. The van der Waals surface area contributed by atoms with Crippen molar-refractivity contribution in [1.29, 1.82) is 0 Å². The van der Waals surface area contributed by atoms with Gasteiger partial charge >= 0.3 is 0 Å². The van der Waals surface area contributed by atoms with Crippen molar-refractivity contribution in [3.8, 4) is 10.6 Å². The summed E-state index contributed by atoms with van der Waals surface area (Å²) in [6.45, 7) is 4.88. The van der Waals surface area contributed by atoms with Crippen LogP contribution in [0.1, 0.15) is 24.9 Å². The van der Waals surface area contributed by atoms with E-state index in [1.807, 2.05) is 13.8 Å². The van der Waals surface area contributed by atoms with Crippen molar-refractivity contribution in [2.45, 2.75) is 19.9 Å². The monoisotopic (exact) mass is 356 g/mol.